The van der Waals surface area contributed by atoms with Crippen LogP contribution in [0.1, 0.15) is 0 Å². The standard InChI is InChI=1S/C23H18FGeN3/c1-25(2,3)14-10-18-21-20(11-14)28-19-9-13(24)7-8-15(19)16-5-4-6-17(23(16)28)22(21)27-12-26-18/h4-12H,1-3H3. The molecule has 3 aromatic carbocycles. The molecule has 6 rings (SSSR count). The zero-order chi connectivity index (χ0) is 19.2. The minimum absolute atomic E-state index is 0.218. The van der Waals surface area contributed by atoms with Crippen molar-refractivity contribution in [3.8, 4) is 0 Å². The van der Waals surface area contributed by atoms with E-state index in [0.29, 0.717) is 0 Å². The van der Waals surface area contributed by atoms with Crippen LogP contribution >= 0.6 is 0 Å². The summed E-state index contributed by atoms with van der Waals surface area (Å²) in [4.78, 5) is 9.27. The van der Waals surface area contributed by atoms with E-state index in [1.807, 2.05) is 6.07 Å². The van der Waals surface area contributed by atoms with Gasteiger partial charge in [0.05, 0.1) is 0 Å². The van der Waals surface area contributed by atoms with E-state index < -0.39 is 13.3 Å². The number of fused-ring (bicyclic) bond motifs is 5. The summed E-state index contributed by atoms with van der Waals surface area (Å²) in [5.41, 5.74) is 5.02. The van der Waals surface area contributed by atoms with E-state index in [4.69, 9.17) is 0 Å². The quantitative estimate of drug-likeness (QED) is 0.198. The van der Waals surface area contributed by atoms with Gasteiger partial charge in [-0.05, 0) is 0 Å². The molecule has 5 heteroatoms. The van der Waals surface area contributed by atoms with E-state index >= 15 is 0 Å². The summed E-state index contributed by atoms with van der Waals surface area (Å²) in [5, 5.41) is 4.33. The first-order chi connectivity index (χ1) is 13.4. The van der Waals surface area contributed by atoms with Gasteiger partial charge in [-0.1, -0.05) is 0 Å². The fraction of sp³-hybridized carbons (Fsp3) is 0.130. The van der Waals surface area contributed by atoms with Crippen LogP contribution in [0.3, 0.4) is 0 Å². The molecule has 0 aliphatic heterocycles. The van der Waals surface area contributed by atoms with Crippen LogP contribution < -0.4 is 4.40 Å². The molecule has 136 valence electrons. The fourth-order valence-corrected chi connectivity index (χ4v) is 6.85. The van der Waals surface area contributed by atoms with Gasteiger partial charge in [0, 0.05) is 0 Å². The van der Waals surface area contributed by atoms with Crippen LogP contribution in [0.5, 0.6) is 0 Å². The molecule has 0 N–H and O–H groups in total. The summed E-state index contributed by atoms with van der Waals surface area (Å²) in [6.07, 6.45) is 1.66. The van der Waals surface area contributed by atoms with Gasteiger partial charge in [0.2, 0.25) is 0 Å². The number of rotatable bonds is 1. The molecule has 0 unspecified atom stereocenters. The molecule has 0 aliphatic rings. The van der Waals surface area contributed by atoms with Gasteiger partial charge in [-0.15, -0.1) is 0 Å². The first-order valence-electron chi connectivity index (χ1n) is 9.46. The average Bonchev–Trinajstić information content (AvgIpc) is 2.99. The van der Waals surface area contributed by atoms with Gasteiger partial charge in [-0.3, -0.25) is 0 Å². The van der Waals surface area contributed by atoms with Gasteiger partial charge in [0.1, 0.15) is 0 Å². The van der Waals surface area contributed by atoms with Crippen LogP contribution in [0, 0.1) is 5.82 Å². The molecule has 6 aromatic rings. The SMILES string of the molecule is [CH3][Ge]([CH3])([CH3])[c]1cc2ncnc3c4cccc5c6ccc(F)cc6n(c(c1)c23)c54. The van der Waals surface area contributed by atoms with Crippen molar-refractivity contribution in [3.05, 3.63) is 60.7 Å². The average molecular weight is 428 g/mol. The number of aromatic nitrogens is 3. The summed E-state index contributed by atoms with van der Waals surface area (Å²) in [7, 11) is 0. The molecule has 3 aromatic heterocycles. The van der Waals surface area contributed by atoms with Crippen LogP contribution in [0.2, 0.25) is 17.3 Å². The van der Waals surface area contributed by atoms with Crippen LogP contribution in [0.25, 0.3) is 49.1 Å². The molecule has 0 radical (unpaired) electrons. The third kappa shape index (κ3) is 1.98. The molecule has 0 saturated heterocycles. The first-order valence-corrected chi connectivity index (χ1v) is 16.8. The van der Waals surface area contributed by atoms with Crippen LogP contribution in [-0.4, -0.2) is 27.6 Å². The van der Waals surface area contributed by atoms with Crippen molar-refractivity contribution in [2.45, 2.75) is 17.3 Å². The summed E-state index contributed by atoms with van der Waals surface area (Å²) in [6, 6.07) is 15.9. The van der Waals surface area contributed by atoms with Gasteiger partial charge >= 0.3 is 163 Å². The second-order valence-electron chi connectivity index (χ2n) is 8.56. The molecule has 0 saturated carbocycles. The molecule has 3 nitrogen and oxygen atoms in total. The summed E-state index contributed by atoms with van der Waals surface area (Å²) >= 11 is -2.11. The molecule has 28 heavy (non-hydrogen) atoms. The summed E-state index contributed by atoms with van der Waals surface area (Å²) in [5.74, 6) is 6.94. The number of benzene rings is 3. The first kappa shape index (κ1) is 16.2. The fourth-order valence-electron chi connectivity index (χ4n) is 4.46. The zero-order valence-electron chi connectivity index (χ0n) is 15.9. The van der Waals surface area contributed by atoms with E-state index in [2.05, 4.69) is 62.0 Å². The van der Waals surface area contributed by atoms with Gasteiger partial charge in [-0.2, -0.15) is 0 Å². The van der Waals surface area contributed by atoms with Crippen molar-refractivity contribution in [1.29, 1.82) is 0 Å². The Balaban J connectivity index is 2.03. The molecular weight excluding hydrogens is 410 g/mol. The van der Waals surface area contributed by atoms with E-state index in [0.717, 1.165) is 49.1 Å². The number of para-hydroxylation sites is 1. The third-order valence-corrected chi connectivity index (χ3v) is 10.1. The second kappa shape index (κ2) is 5.20. The van der Waals surface area contributed by atoms with Crippen molar-refractivity contribution in [1.82, 2.24) is 14.4 Å². The number of hydrogen-bond donors (Lipinski definition) is 0. The maximum atomic E-state index is 14.2. The van der Waals surface area contributed by atoms with Crippen molar-refractivity contribution in [3.63, 3.8) is 0 Å². The van der Waals surface area contributed by atoms with Crippen molar-refractivity contribution in [2.75, 3.05) is 0 Å². The zero-order valence-corrected chi connectivity index (χ0v) is 18.0. The molecular formula is C23H18FGeN3. The Labute approximate surface area is 163 Å². The Hall–Kier alpha value is -2.73. The predicted octanol–water partition coefficient (Wildman–Crippen LogP) is 5.46. The predicted molar refractivity (Wildman–Crippen MR) is 117 cm³/mol. The molecule has 3 heterocycles. The van der Waals surface area contributed by atoms with E-state index in [1.165, 1.54) is 4.40 Å². The summed E-state index contributed by atoms with van der Waals surface area (Å²) in [6.45, 7) is 0. The van der Waals surface area contributed by atoms with Crippen molar-refractivity contribution >= 4 is 66.8 Å². The van der Waals surface area contributed by atoms with Crippen molar-refractivity contribution in [2.24, 2.45) is 0 Å². The van der Waals surface area contributed by atoms with Crippen LogP contribution in [0.4, 0.5) is 4.39 Å². The molecule has 0 spiro atoms. The second-order valence-corrected chi connectivity index (χ2v) is 19.2. The summed E-state index contributed by atoms with van der Waals surface area (Å²) < 4.78 is 17.8. The van der Waals surface area contributed by atoms with Gasteiger partial charge in [0.25, 0.3) is 0 Å². The monoisotopic (exact) mass is 429 g/mol. The van der Waals surface area contributed by atoms with Crippen molar-refractivity contribution < 1.29 is 4.39 Å². The molecule has 0 amide bonds. The molecule has 0 bridgehead atoms. The molecule has 0 aliphatic carbocycles. The third-order valence-electron chi connectivity index (χ3n) is 5.83. The van der Waals surface area contributed by atoms with E-state index in [1.54, 1.807) is 18.5 Å². The minimum atomic E-state index is -2.11. The number of halogens is 1. The molecule has 0 fully saturated rings. The van der Waals surface area contributed by atoms with Crippen LogP contribution in [0.15, 0.2) is 54.9 Å². The Morgan fingerprint density at radius 2 is 1.68 bits per heavy atom. The number of pyridine rings is 1. The van der Waals surface area contributed by atoms with E-state index in [-0.39, 0.29) is 5.82 Å². The van der Waals surface area contributed by atoms with Gasteiger partial charge < -0.3 is 0 Å². The number of hydrogen-bond acceptors (Lipinski definition) is 2. The Kier molecular flexibility index (Phi) is 3.02. The maximum absolute atomic E-state index is 14.2. The molecule has 0 atom stereocenters. The van der Waals surface area contributed by atoms with Crippen LogP contribution in [-0.2, 0) is 0 Å². The van der Waals surface area contributed by atoms with Gasteiger partial charge in [0.15, 0.2) is 0 Å². The number of nitrogens with zero attached hydrogens (tertiary/aromatic N) is 3. The van der Waals surface area contributed by atoms with E-state index in [9.17, 15) is 4.39 Å². The Bertz CT molecular complexity index is 1560. The Morgan fingerprint density at radius 3 is 2.50 bits per heavy atom. The normalized spacial score (nSPS) is 13.0. The van der Waals surface area contributed by atoms with Gasteiger partial charge in [-0.25, -0.2) is 0 Å². The Morgan fingerprint density at radius 1 is 0.857 bits per heavy atom. The topological polar surface area (TPSA) is 30.2 Å².